The van der Waals surface area contributed by atoms with E-state index in [0.29, 0.717) is 24.2 Å². The van der Waals surface area contributed by atoms with Gasteiger partial charge >= 0.3 is 5.69 Å². The molecule has 1 aliphatic rings. The first-order chi connectivity index (χ1) is 11.6. The molecule has 0 amide bonds. The highest BCUT2D eigenvalue weighted by atomic mass is 16.3. The molecular formula is C18H19N3O3. The summed E-state index contributed by atoms with van der Waals surface area (Å²) in [6.45, 7) is 0.348. The van der Waals surface area contributed by atoms with Gasteiger partial charge in [-0.15, -0.1) is 0 Å². The minimum absolute atomic E-state index is 0.0248. The molecule has 1 aliphatic heterocycles. The molecule has 1 N–H and O–H groups in total. The molecule has 3 rings (SSSR count). The molecule has 124 valence electrons. The van der Waals surface area contributed by atoms with E-state index < -0.39 is 17.4 Å². The molecule has 1 aromatic carbocycles. The van der Waals surface area contributed by atoms with Gasteiger partial charge in [0.15, 0.2) is 0 Å². The zero-order valence-corrected chi connectivity index (χ0v) is 13.3. The van der Waals surface area contributed by atoms with E-state index in [9.17, 15) is 20.0 Å². The van der Waals surface area contributed by atoms with Gasteiger partial charge in [0.1, 0.15) is 11.6 Å². The number of benzene rings is 1. The molecule has 2 aromatic rings. The number of hydrogen-bond acceptors (Lipinski definition) is 4. The Balaban J connectivity index is 2.09. The molecule has 0 saturated heterocycles. The van der Waals surface area contributed by atoms with Gasteiger partial charge in [0.05, 0.1) is 12.6 Å². The summed E-state index contributed by atoms with van der Waals surface area (Å²) in [5.74, 6) is 0. The van der Waals surface area contributed by atoms with Crippen molar-refractivity contribution in [2.45, 2.75) is 44.9 Å². The molecule has 24 heavy (non-hydrogen) atoms. The first-order valence-corrected chi connectivity index (χ1v) is 8.13. The van der Waals surface area contributed by atoms with Crippen LogP contribution in [0.2, 0.25) is 0 Å². The smallest absolute Gasteiger partial charge is 0.331 e. The van der Waals surface area contributed by atoms with Crippen LogP contribution in [0.25, 0.3) is 0 Å². The van der Waals surface area contributed by atoms with Crippen molar-refractivity contribution in [2.24, 2.45) is 0 Å². The minimum Gasteiger partial charge on any atom is -0.387 e. The van der Waals surface area contributed by atoms with E-state index in [1.807, 2.05) is 12.1 Å². The van der Waals surface area contributed by atoms with Gasteiger partial charge in [-0.05, 0) is 24.8 Å². The third-order valence-corrected chi connectivity index (χ3v) is 4.48. The maximum Gasteiger partial charge on any atom is 0.331 e. The largest absolute Gasteiger partial charge is 0.387 e. The molecule has 0 bridgehead atoms. The Morgan fingerprint density at radius 3 is 2.62 bits per heavy atom. The first kappa shape index (κ1) is 16.2. The standard InChI is InChI=1S/C18H19N3O3/c19-11-14-15-9-5-2-6-10-20(15)18(24)21(17(14)23)12-16(22)13-7-3-1-4-8-13/h1,3-4,7-8,16,22H,2,5-6,9-10,12H2/t16-/m0/s1. The third kappa shape index (κ3) is 2.91. The van der Waals surface area contributed by atoms with Gasteiger partial charge in [-0.1, -0.05) is 36.8 Å². The number of fused-ring (bicyclic) bond motifs is 1. The van der Waals surface area contributed by atoms with Crippen molar-refractivity contribution in [1.29, 1.82) is 5.26 Å². The minimum atomic E-state index is -0.979. The highest BCUT2D eigenvalue weighted by Gasteiger charge is 2.22. The zero-order chi connectivity index (χ0) is 17.1. The number of aliphatic hydroxyl groups excluding tert-OH is 1. The predicted molar refractivity (Wildman–Crippen MR) is 88.6 cm³/mol. The Kier molecular flexibility index (Phi) is 4.63. The first-order valence-electron chi connectivity index (χ1n) is 8.13. The van der Waals surface area contributed by atoms with Gasteiger partial charge in [-0.2, -0.15) is 5.26 Å². The van der Waals surface area contributed by atoms with Gasteiger partial charge in [0.25, 0.3) is 5.56 Å². The summed E-state index contributed by atoms with van der Waals surface area (Å²) in [5.41, 5.74) is 0.144. The van der Waals surface area contributed by atoms with Crippen molar-refractivity contribution in [3.8, 4) is 6.07 Å². The fraction of sp³-hybridized carbons (Fsp3) is 0.389. The normalized spacial score (nSPS) is 15.2. The molecule has 0 aliphatic carbocycles. The monoisotopic (exact) mass is 325 g/mol. The van der Waals surface area contributed by atoms with Crippen LogP contribution in [0.1, 0.15) is 42.2 Å². The van der Waals surface area contributed by atoms with E-state index in [4.69, 9.17) is 0 Å². The second-order valence-electron chi connectivity index (χ2n) is 6.02. The van der Waals surface area contributed by atoms with Crippen LogP contribution in [0.5, 0.6) is 0 Å². The molecule has 0 spiro atoms. The number of nitrogens with zero attached hydrogens (tertiary/aromatic N) is 3. The number of rotatable bonds is 3. The quantitative estimate of drug-likeness (QED) is 0.922. The topological polar surface area (TPSA) is 88.0 Å². The summed E-state index contributed by atoms with van der Waals surface area (Å²) in [5, 5.41) is 19.7. The van der Waals surface area contributed by atoms with Crippen molar-refractivity contribution >= 4 is 0 Å². The highest BCUT2D eigenvalue weighted by molar-refractivity contribution is 5.32. The molecule has 0 unspecified atom stereocenters. The van der Waals surface area contributed by atoms with Crippen molar-refractivity contribution < 1.29 is 5.11 Å². The fourth-order valence-corrected chi connectivity index (χ4v) is 3.20. The van der Waals surface area contributed by atoms with Crippen LogP contribution in [-0.4, -0.2) is 14.2 Å². The van der Waals surface area contributed by atoms with E-state index in [1.54, 1.807) is 24.3 Å². The molecule has 1 atom stereocenters. The highest BCUT2D eigenvalue weighted by Crippen LogP contribution is 2.16. The van der Waals surface area contributed by atoms with Crippen LogP contribution in [0.15, 0.2) is 39.9 Å². The Labute approximate surface area is 139 Å². The van der Waals surface area contributed by atoms with Gasteiger partial charge in [0, 0.05) is 12.2 Å². The second kappa shape index (κ2) is 6.85. The van der Waals surface area contributed by atoms with Crippen LogP contribution < -0.4 is 11.2 Å². The predicted octanol–water partition coefficient (Wildman–Crippen LogP) is 1.34. The lowest BCUT2D eigenvalue weighted by Crippen LogP contribution is -2.44. The van der Waals surface area contributed by atoms with Crippen molar-refractivity contribution in [3.63, 3.8) is 0 Å². The molecule has 0 radical (unpaired) electrons. The van der Waals surface area contributed by atoms with Crippen molar-refractivity contribution in [3.05, 3.63) is 68.0 Å². The van der Waals surface area contributed by atoms with Gasteiger partial charge < -0.3 is 5.11 Å². The van der Waals surface area contributed by atoms with Gasteiger partial charge in [-0.25, -0.2) is 4.79 Å². The zero-order valence-electron chi connectivity index (χ0n) is 13.3. The summed E-state index contributed by atoms with van der Waals surface area (Å²) in [4.78, 5) is 25.3. The van der Waals surface area contributed by atoms with E-state index in [0.717, 1.165) is 23.8 Å². The average molecular weight is 325 g/mol. The van der Waals surface area contributed by atoms with Crippen LogP contribution >= 0.6 is 0 Å². The molecule has 2 heterocycles. The van der Waals surface area contributed by atoms with Gasteiger partial charge in [-0.3, -0.25) is 13.9 Å². The Morgan fingerprint density at radius 1 is 1.17 bits per heavy atom. The van der Waals surface area contributed by atoms with Crippen LogP contribution in [0.4, 0.5) is 0 Å². The molecule has 1 aromatic heterocycles. The summed E-state index contributed by atoms with van der Waals surface area (Å²) in [7, 11) is 0. The number of aliphatic hydroxyl groups is 1. The average Bonchev–Trinajstić information content (AvgIpc) is 2.86. The Bertz CT molecular complexity index is 891. The van der Waals surface area contributed by atoms with Crippen LogP contribution in [0, 0.1) is 11.3 Å². The summed E-state index contributed by atoms with van der Waals surface area (Å²) in [6, 6.07) is 10.8. The molecule has 0 fully saturated rings. The summed E-state index contributed by atoms with van der Waals surface area (Å²) >= 11 is 0. The molecule has 6 nitrogen and oxygen atoms in total. The molecule has 6 heteroatoms. The second-order valence-corrected chi connectivity index (χ2v) is 6.02. The third-order valence-electron chi connectivity index (χ3n) is 4.48. The van der Waals surface area contributed by atoms with E-state index in [-0.39, 0.29) is 12.1 Å². The lowest BCUT2D eigenvalue weighted by molar-refractivity contribution is 0.152. The van der Waals surface area contributed by atoms with Crippen LogP contribution in [0.3, 0.4) is 0 Å². The van der Waals surface area contributed by atoms with Crippen molar-refractivity contribution in [1.82, 2.24) is 9.13 Å². The van der Waals surface area contributed by atoms with E-state index in [2.05, 4.69) is 0 Å². The van der Waals surface area contributed by atoms with Crippen LogP contribution in [-0.2, 0) is 19.5 Å². The molecular weight excluding hydrogens is 306 g/mol. The number of nitriles is 1. The maximum atomic E-state index is 12.7. The Hall–Kier alpha value is -2.65. The van der Waals surface area contributed by atoms with Crippen molar-refractivity contribution in [2.75, 3.05) is 0 Å². The fourth-order valence-electron chi connectivity index (χ4n) is 3.20. The maximum absolute atomic E-state index is 12.7. The number of hydrogen-bond donors (Lipinski definition) is 1. The summed E-state index contributed by atoms with van der Waals surface area (Å²) in [6.07, 6.45) is 2.26. The van der Waals surface area contributed by atoms with E-state index in [1.165, 1.54) is 4.57 Å². The molecule has 0 saturated carbocycles. The number of aromatic nitrogens is 2. The summed E-state index contributed by atoms with van der Waals surface area (Å²) < 4.78 is 2.52. The SMILES string of the molecule is N#Cc1c2n(c(=O)n(C[C@H](O)c3ccccc3)c1=O)CCCCC2. The lowest BCUT2D eigenvalue weighted by atomic mass is 10.1. The van der Waals surface area contributed by atoms with Gasteiger partial charge in [0.2, 0.25) is 0 Å². The van der Waals surface area contributed by atoms with E-state index >= 15 is 0 Å². The lowest BCUT2D eigenvalue weighted by Gasteiger charge is -2.17. The Morgan fingerprint density at radius 2 is 1.92 bits per heavy atom.